The standard InChI is InChI=1S/C29H24N2O5S/c1-15-5-7-17(3)20(13-15)25(32)23-24(18-8-10-19(11-9-18)28(35)36-4)31(27(34)26(23)33)29-30-21-12-6-16(2)14-22(21)37-29/h5-14,24,32H,1-4H3/b25-23+. The number of anilines is 1. The highest BCUT2D eigenvalue weighted by atomic mass is 32.1. The van der Waals surface area contributed by atoms with Gasteiger partial charge < -0.3 is 9.84 Å². The van der Waals surface area contributed by atoms with Crippen molar-refractivity contribution >= 4 is 50.1 Å². The van der Waals surface area contributed by atoms with Gasteiger partial charge in [0.25, 0.3) is 5.78 Å². The fraction of sp³-hybridized carbons (Fsp3) is 0.172. The molecule has 0 aliphatic carbocycles. The summed E-state index contributed by atoms with van der Waals surface area (Å²) in [5.74, 6) is -2.32. The number of aromatic nitrogens is 1. The van der Waals surface area contributed by atoms with Gasteiger partial charge in [0.1, 0.15) is 5.76 Å². The summed E-state index contributed by atoms with van der Waals surface area (Å²) in [7, 11) is 1.30. The van der Waals surface area contributed by atoms with Gasteiger partial charge in [-0.1, -0.05) is 47.2 Å². The number of esters is 1. The second kappa shape index (κ2) is 9.29. The average molecular weight is 513 g/mol. The second-order valence-electron chi connectivity index (χ2n) is 9.07. The Kier molecular flexibility index (Phi) is 6.13. The van der Waals surface area contributed by atoms with Crippen LogP contribution in [0.25, 0.3) is 16.0 Å². The molecule has 4 aromatic rings. The van der Waals surface area contributed by atoms with E-state index in [4.69, 9.17) is 4.74 Å². The van der Waals surface area contributed by atoms with E-state index >= 15 is 0 Å². The summed E-state index contributed by atoms with van der Waals surface area (Å²) in [5.41, 5.74) is 4.76. The zero-order valence-corrected chi connectivity index (χ0v) is 21.6. The molecule has 2 heterocycles. The molecule has 8 heteroatoms. The van der Waals surface area contributed by atoms with E-state index in [1.807, 2.05) is 51.1 Å². The van der Waals surface area contributed by atoms with Crippen molar-refractivity contribution in [2.24, 2.45) is 0 Å². The van der Waals surface area contributed by atoms with Crippen LogP contribution in [0, 0.1) is 20.8 Å². The highest BCUT2D eigenvalue weighted by molar-refractivity contribution is 7.22. The van der Waals surface area contributed by atoms with Crippen LogP contribution in [-0.2, 0) is 14.3 Å². The Morgan fingerprint density at radius 2 is 1.65 bits per heavy atom. The predicted octanol–water partition coefficient (Wildman–Crippen LogP) is 5.63. The van der Waals surface area contributed by atoms with Gasteiger partial charge in [-0.25, -0.2) is 9.78 Å². The molecule has 1 N–H and O–H groups in total. The van der Waals surface area contributed by atoms with E-state index in [0.717, 1.165) is 21.4 Å². The number of aliphatic hydroxyl groups excluding tert-OH is 1. The number of rotatable bonds is 4. The van der Waals surface area contributed by atoms with Crippen molar-refractivity contribution in [3.63, 3.8) is 0 Å². The molecular weight excluding hydrogens is 488 g/mol. The van der Waals surface area contributed by atoms with E-state index in [-0.39, 0.29) is 11.3 Å². The van der Waals surface area contributed by atoms with Crippen molar-refractivity contribution in [2.75, 3.05) is 12.0 Å². The molecule has 3 aromatic carbocycles. The third kappa shape index (κ3) is 4.19. The fourth-order valence-electron chi connectivity index (χ4n) is 4.52. The number of methoxy groups -OCH3 is 1. The molecule has 1 amide bonds. The molecule has 1 fully saturated rings. The maximum Gasteiger partial charge on any atom is 0.337 e. The third-order valence-electron chi connectivity index (χ3n) is 6.48. The molecule has 1 aromatic heterocycles. The Morgan fingerprint density at radius 1 is 0.973 bits per heavy atom. The van der Waals surface area contributed by atoms with Gasteiger partial charge in [0, 0.05) is 5.56 Å². The fourth-order valence-corrected chi connectivity index (χ4v) is 5.61. The van der Waals surface area contributed by atoms with E-state index in [2.05, 4.69) is 4.98 Å². The maximum absolute atomic E-state index is 13.5. The smallest absolute Gasteiger partial charge is 0.337 e. The highest BCUT2D eigenvalue weighted by Gasteiger charge is 2.48. The number of aliphatic hydroxyl groups is 1. The quantitative estimate of drug-likeness (QED) is 0.165. The summed E-state index contributed by atoms with van der Waals surface area (Å²) in [6.07, 6.45) is 0. The topological polar surface area (TPSA) is 96.8 Å². The molecule has 186 valence electrons. The zero-order chi connectivity index (χ0) is 26.4. The van der Waals surface area contributed by atoms with Crippen molar-refractivity contribution in [2.45, 2.75) is 26.8 Å². The number of benzene rings is 3. The second-order valence-corrected chi connectivity index (χ2v) is 10.1. The van der Waals surface area contributed by atoms with Crippen LogP contribution in [-0.4, -0.2) is 34.9 Å². The molecule has 1 atom stereocenters. The Balaban J connectivity index is 1.73. The van der Waals surface area contributed by atoms with Crippen LogP contribution in [0.3, 0.4) is 0 Å². The summed E-state index contributed by atoms with van der Waals surface area (Å²) in [5, 5.41) is 11.8. The van der Waals surface area contributed by atoms with Gasteiger partial charge in [0.15, 0.2) is 5.13 Å². The van der Waals surface area contributed by atoms with Crippen LogP contribution < -0.4 is 4.90 Å². The van der Waals surface area contributed by atoms with Crippen molar-refractivity contribution in [1.29, 1.82) is 0 Å². The van der Waals surface area contributed by atoms with Crippen LogP contribution in [0.4, 0.5) is 5.13 Å². The first-order valence-corrected chi connectivity index (χ1v) is 12.5. The number of amides is 1. The largest absolute Gasteiger partial charge is 0.507 e. The normalized spacial score (nSPS) is 17.0. The van der Waals surface area contributed by atoms with Gasteiger partial charge in [-0.3, -0.25) is 14.5 Å². The lowest BCUT2D eigenvalue weighted by Crippen LogP contribution is -2.29. The van der Waals surface area contributed by atoms with Crippen LogP contribution in [0.5, 0.6) is 0 Å². The summed E-state index contributed by atoms with van der Waals surface area (Å²) in [6.45, 7) is 5.69. The number of aryl methyl sites for hydroxylation is 3. The first-order chi connectivity index (χ1) is 17.7. The van der Waals surface area contributed by atoms with Crippen LogP contribution in [0.1, 0.15) is 44.2 Å². The molecule has 1 aliphatic heterocycles. The Bertz CT molecular complexity index is 1620. The van der Waals surface area contributed by atoms with Gasteiger partial charge in [0.05, 0.1) is 34.5 Å². The number of carbonyl (C=O) groups excluding carboxylic acids is 3. The number of thiazole rings is 1. The number of Topliss-reactive ketones (excluding diaryl/α,β-unsaturated/α-hetero) is 1. The summed E-state index contributed by atoms with van der Waals surface area (Å²) in [4.78, 5) is 44.9. The van der Waals surface area contributed by atoms with E-state index in [0.29, 0.717) is 27.3 Å². The Labute approximate surface area is 217 Å². The SMILES string of the molecule is COC(=O)c1ccc(C2/C(=C(\O)c3cc(C)ccc3C)C(=O)C(=O)N2c2nc3ccc(C)cc3s2)cc1. The Hall–Kier alpha value is -4.30. The number of fused-ring (bicyclic) bond motifs is 1. The first kappa shape index (κ1) is 24.4. The van der Waals surface area contributed by atoms with E-state index < -0.39 is 23.7 Å². The molecule has 0 saturated carbocycles. The van der Waals surface area contributed by atoms with Gasteiger partial charge >= 0.3 is 11.9 Å². The number of carbonyl (C=O) groups is 3. The summed E-state index contributed by atoms with van der Waals surface area (Å²) < 4.78 is 5.68. The molecule has 7 nitrogen and oxygen atoms in total. The minimum Gasteiger partial charge on any atom is -0.507 e. The first-order valence-electron chi connectivity index (χ1n) is 11.6. The lowest BCUT2D eigenvalue weighted by Gasteiger charge is -2.23. The number of ketones is 1. The number of ether oxygens (including phenoxy) is 1. The zero-order valence-electron chi connectivity index (χ0n) is 20.7. The lowest BCUT2D eigenvalue weighted by molar-refractivity contribution is -0.132. The summed E-state index contributed by atoms with van der Waals surface area (Å²) in [6, 6.07) is 16.9. The van der Waals surface area contributed by atoms with Gasteiger partial charge in [-0.15, -0.1) is 0 Å². The number of hydrogen-bond donors (Lipinski definition) is 1. The molecule has 37 heavy (non-hydrogen) atoms. The number of hydrogen-bond acceptors (Lipinski definition) is 7. The minimum atomic E-state index is -0.937. The number of nitrogens with zero attached hydrogens (tertiary/aromatic N) is 2. The van der Waals surface area contributed by atoms with Gasteiger partial charge in [-0.05, 0) is 67.8 Å². The van der Waals surface area contributed by atoms with Gasteiger partial charge in [0.2, 0.25) is 0 Å². The summed E-state index contributed by atoms with van der Waals surface area (Å²) >= 11 is 1.30. The molecule has 1 unspecified atom stereocenters. The molecular formula is C29H24N2O5S. The van der Waals surface area contributed by atoms with E-state index in [1.165, 1.54) is 23.3 Å². The molecule has 0 bridgehead atoms. The van der Waals surface area contributed by atoms with Gasteiger partial charge in [-0.2, -0.15) is 0 Å². The van der Waals surface area contributed by atoms with E-state index in [9.17, 15) is 19.5 Å². The molecule has 1 saturated heterocycles. The van der Waals surface area contributed by atoms with Crippen molar-refractivity contribution in [1.82, 2.24) is 4.98 Å². The average Bonchev–Trinajstić information content (AvgIpc) is 3.42. The minimum absolute atomic E-state index is 0.0278. The van der Waals surface area contributed by atoms with Crippen LogP contribution >= 0.6 is 11.3 Å². The molecule has 0 spiro atoms. The van der Waals surface area contributed by atoms with Crippen LogP contribution in [0.2, 0.25) is 0 Å². The third-order valence-corrected chi connectivity index (χ3v) is 7.50. The van der Waals surface area contributed by atoms with Crippen LogP contribution in [0.15, 0.2) is 66.2 Å². The van der Waals surface area contributed by atoms with Crippen molar-refractivity contribution < 1.29 is 24.2 Å². The Morgan fingerprint density at radius 3 is 2.35 bits per heavy atom. The molecule has 1 aliphatic rings. The predicted molar refractivity (Wildman–Crippen MR) is 143 cm³/mol. The van der Waals surface area contributed by atoms with Crippen molar-refractivity contribution in [3.05, 3.63) is 99.6 Å². The monoisotopic (exact) mass is 512 g/mol. The molecule has 0 radical (unpaired) electrons. The molecule has 5 rings (SSSR count). The van der Waals surface area contributed by atoms with Crippen molar-refractivity contribution in [3.8, 4) is 0 Å². The lowest BCUT2D eigenvalue weighted by atomic mass is 9.93. The van der Waals surface area contributed by atoms with E-state index in [1.54, 1.807) is 30.3 Å². The highest BCUT2D eigenvalue weighted by Crippen LogP contribution is 2.44. The maximum atomic E-state index is 13.5.